The lowest BCUT2D eigenvalue weighted by Crippen LogP contribution is -2.39. The quantitative estimate of drug-likeness (QED) is 0.0999. The summed E-state index contributed by atoms with van der Waals surface area (Å²) in [6, 6.07) is 28.0. The summed E-state index contributed by atoms with van der Waals surface area (Å²) in [6.45, 7) is 7.96. The first-order chi connectivity index (χ1) is 24.2. The van der Waals surface area contributed by atoms with Gasteiger partial charge in [-0.1, -0.05) is 42.5 Å². The molecule has 0 heterocycles. The highest BCUT2D eigenvalue weighted by Gasteiger charge is 2.41. The molecule has 0 saturated heterocycles. The molecule has 0 saturated carbocycles. The van der Waals surface area contributed by atoms with E-state index in [-0.39, 0.29) is 36.3 Å². The average Bonchev–Trinajstić information content (AvgIpc) is 3.05. The fourth-order valence-corrected chi connectivity index (χ4v) is 6.38. The van der Waals surface area contributed by atoms with E-state index < -0.39 is 31.2 Å². The Morgan fingerprint density at radius 3 is 1.57 bits per heavy atom. The maximum atomic E-state index is 15.0. The monoisotopic (exact) mass is 716 g/mol. The van der Waals surface area contributed by atoms with Crippen molar-refractivity contribution in [2.45, 2.75) is 59.0 Å². The molecule has 0 radical (unpaired) electrons. The fourth-order valence-electron chi connectivity index (χ4n) is 4.56. The van der Waals surface area contributed by atoms with Crippen molar-refractivity contribution in [1.82, 2.24) is 5.32 Å². The van der Waals surface area contributed by atoms with Crippen LogP contribution in [0.25, 0.3) is 0 Å². The molecule has 4 aromatic rings. The Kier molecular flexibility index (Phi) is 12.8. The van der Waals surface area contributed by atoms with Crippen molar-refractivity contribution < 1.29 is 42.3 Å². The van der Waals surface area contributed by atoms with E-state index in [9.17, 15) is 19.2 Å². The smallest absolute Gasteiger partial charge is 0.445 e. The van der Waals surface area contributed by atoms with Crippen LogP contribution in [0.1, 0.15) is 45.7 Å². The highest BCUT2D eigenvalue weighted by Crippen LogP contribution is 2.53. The zero-order chi connectivity index (χ0) is 37.0. The summed E-state index contributed by atoms with van der Waals surface area (Å²) in [5, 5.41) is 10.7. The van der Waals surface area contributed by atoms with Crippen LogP contribution in [0.4, 0.5) is 26.7 Å². The standard InChI is InChI=1S/C37H41N4O9P/c1-25(42)38-29-15-19-32(20-16-29)49-51(46,50-33-21-17-30(18-22-33)39-26(2)43)34(41-35(44)47-24-28-9-7-6-8-10-28)23-27-11-13-31(14-12-27)40-36(45)48-37(3,4)5/h6-22,34H,23-24H2,1-5H3,(H,38,42)(H,39,43)(H,40,45)(H,41,44). The van der Waals surface area contributed by atoms with Crippen molar-refractivity contribution >= 4 is 48.7 Å². The molecule has 0 spiro atoms. The second-order valence-corrected chi connectivity index (χ2v) is 14.5. The summed E-state index contributed by atoms with van der Waals surface area (Å²) >= 11 is 0. The van der Waals surface area contributed by atoms with Gasteiger partial charge in [-0.15, -0.1) is 0 Å². The van der Waals surface area contributed by atoms with Crippen molar-refractivity contribution in [3.8, 4) is 11.5 Å². The molecule has 4 aromatic carbocycles. The van der Waals surface area contributed by atoms with Crippen LogP contribution in [0.5, 0.6) is 11.5 Å². The van der Waals surface area contributed by atoms with Crippen molar-refractivity contribution in [3.63, 3.8) is 0 Å². The molecule has 4 rings (SSSR count). The van der Waals surface area contributed by atoms with Gasteiger partial charge in [0, 0.05) is 37.3 Å². The molecule has 1 atom stereocenters. The third-order valence-corrected chi connectivity index (χ3v) is 8.73. The molecule has 0 aliphatic carbocycles. The topological polar surface area (TPSA) is 170 Å². The van der Waals surface area contributed by atoms with Gasteiger partial charge < -0.3 is 34.5 Å². The van der Waals surface area contributed by atoms with E-state index in [0.29, 0.717) is 22.6 Å². The number of amides is 4. The van der Waals surface area contributed by atoms with Gasteiger partial charge in [0.2, 0.25) is 11.8 Å². The van der Waals surface area contributed by atoms with Gasteiger partial charge in [-0.25, -0.2) is 14.2 Å². The Balaban J connectivity index is 1.66. The minimum Gasteiger partial charge on any atom is -0.445 e. The number of carbonyl (C=O) groups is 4. The minimum atomic E-state index is -4.41. The van der Waals surface area contributed by atoms with E-state index in [0.717, 1.165) is 5.56 Å². The van der Waals surface area contributed by atoms with Gasteiger partial charge in [0.15, 0.2) is 5.78 Å². The maximum Gasteiger partial charge on any atom is 0.453 e. The summed E-state index contributed by atoms with van der Waals surface area (Å²) < 4.78 is 38.0. The van der Waals surface area contributed by atoms with E-state index >= 15 is 4.57 Å². The minimum absolute atomic E-state index is 0.0499. The number of nitrogens with one attached hydrogen (secondary N) is 4. The molecule has 0 bridgehead atoms. The van der Waals surface area contributed by atoms with Crippen molar-refractivity contribution in [2.75, 3.05) is 16.0 Å². The van der Waals surface area contributed by atoms with Crippen molar-refractivity contribution in [2.24, 2.45) is 0 Å². The molecule has 13 nitrogen and oxygen atoms in total. The van der Waals surface area contributed by atoms with Gasteiger partial charge in [0.1, 0.15) is 23.7 Å². The maximum absolute atomic E-state index is 15.0. The predicted octanol–water partition coefficient (Wildman–Crippen LogP) is 8.10. The van der Waals surface area contributed by atoms with Crippen LogP contribution in [0.2, 0.25) is 0 Å². The number of carbonyl (C=O) groups excluding carboxylic acids is 4. The number of hydrogen-bond acceptors (Lipinski definition) is 9. The summed E-state index contributed by atoms with van der Waals surface area (Å²) in [6.07, 6.45) is -1.56. The van der Waals surface area contributed by atoms with Gasteiger partial charge in [-0.2, -0.15) is 0 Å². The first-order valence-corrected chi connectivity index (χ1v) is 17.6. The van der Waals surface area contributed by atoms with Crippen LogP contribution in [0.15, 0.2) is 103 Å². The normalized spacial score (nSPS) is 11.7. The third kappa shape index (κ3) is 12.9. The molecule has 51 heavy (non-hydrogen) atoms. The molecule has 0 aliphatic heterocycles. The van der Waals surface area contributed by atoms with Gasteiger partial charge in [-0.05, 0) is 92.6 Å². The van der Waals surface area contributed by atoms with E-state index in [4.69, 9.17) is 18.5 Å². The molecule has 14 heteroatoms. The summed E-state index contributed by atoms with van der Waals surface area (Å²) in [5.74, 6) is -1.60. The number of hydrogen-bond donors (Lipinski definition) is 4. The summed E-state index contributed by atoms with van der Waals surface area (Å²) in [4.78, 5) is 48.6. The highest BCUT2D eigenvalue weighted by molar-refractivity contribution is 7.55. The number of rotatable bonds is 13. The zero-order valence-electron chi connectivity index (χ0n) is 28.9. The number of anilines is 3. The SMILES string of the molecule is CC(=O)Nc1ccc(OP(=O)(Oc2ccc(NC(C)=O)cc2)C(Cc2ccc(NC(=O)OC(C)(C)C)cc2)NC(=O)OCc2ccccc2)cc1. The number of ether oxygens (including phenoxy) is 2. The highest BCUT2D eigenvalue weighted by atomic mass is 31.2. The summed E-state index contributed by atoms with van der Waals surface area (Å²) in [7, 11) is -4.41. The van der Waals surface area contributed by atoms with Gasteiger partial charge in [-0.3, -0.25) is 14.9 Å². The van der Waals surface area contributed by atoms with E-state index in [1.807, 2.05) is 18.2 Å². The molecule has 268 valence electrons. The third-order valence-electron chi connectivity index (χ3n) is 6.72. The summed E-state index contributed by atoms with van der Waals surface area (Å²) in [5.41, 5.74) is 2.08. The first-order valence-electron chi connectivity index (χ1n) is 16.0. The van der Waals surface area contributed by atoms with Crippen LogP contribution in [0.3, 0.4) is 0 Å². The molecule has 0 aromatic heterocycles. The fraction of sp³-hybridized carbons (Fsp3) is 0.243. The van der Waals surface area contributed by atoms with Gasteiger partial charge in [0.25, 0.3) is 0 Å². The lowest BCUT2D eigenvalue weighted by Gasteiger charge is -2.28. The Hall–Kier alpha value is -5.81. The first kappa shape index (κ1) is 38.0. The van der Waals surface area contributed by atoms with E-state index in [1.165, 1.54) is 38.1 Å². The van der Waals surface area contributed by atoms with Crippen LogP contribution in [0, 0.1) is 0 Å². The zero-order valence-corrected chi connectivity index (χ0v) is 29.8. The molecular weight excluding hydrogens is 675 g/mol. The lowest BCUT2D eigenvalue weighted by molar-refractivity contribution is -0.115. The Morgan fingerprint density at radius 2 is 1.10 bits per heavy atom. The Morgan fingerprint density at radius 1 is 0.627 bits per heavy atom. The van der Waals surface area contributed by atoms with Crippen LogP contribution < -0.4 is 30.3 Å². The predicted molar refractivity (Wildman–Crippen MR) is 194 cm³/mol. The Labute approximate surface area is 296 Å². The molecular formula is C37H41N4O9P. The second-order valence-electron chi connectivity index (χ2n) is 12.4. The van der Waals surface area contributed by atoms with Gasteiger partial charge in [0.05, 0.1) is 0 Å². The van der Waals surface area contributed by atoms with E-state index in [1.54, 1.807) is 81.4 Å². The van der Waals surface area contributed by atoms with Crippen LogP contribution in [-0.2, 0) is 36.7 Å². The average molecular weight is 717 g/mol. The van der Waals surface area contributed by atoms with Gasteiger partial charge >= 0.3 is 19.8 Å². The molecule has 0 aliphatic rings. The number of benzene rings is 4. The molecule has 4 amide bonds. The lowest BCUT2D eigenvalue weighted by atomic mass is 10.1. The largest absolute Gasteiger partial charge is 0.453 e. The molecule has 4 N–H and O–H groups in total. The van der Waals surface area contributed by atoms with E-state index in [2.05, 4.69) is 21.3 Å². The van der Waals surface area contributed by atoms with Crippen molar-refractivity contribution in [1.29, 1.82) is 0 Å². The number of alkyl carbamates (subject to hydrolysis) is 1. The van der Waals surface area contributed by atoms with Crippen molar-refractivity contribution in [3.05, 3.63) is 114 Å². The Bertz CT molecular complexity index is 1780. The van der Waals surface area contributed by atoms with Crippen LogP contribution >= 0.6 is 7.60 Å². The van der Waals surface area contributed by atoms with Crippen LogP contribution in [-0.4, -0.2) is 35.4 Å². The molecule has 1 unspecified atom stereocenters. The molecule has 0 fully saturated rings. The second kappa shape index (κ2) is 17.2.